The van der Waals surface area contributed by atoms with Crippen molar-refractivity contribution in [1.29, 1.82) is 0 Å². The van der Waals surface area contributed by atoms with Crippen molar-refractivity contribution in [1.82, 2.24) is 10.2 Å². The van der Waals surface area contributed by atoms with E-state index in [0.717, 1.165) is 44.1 Å². The predicted octanol–water partition coefficient (Wildman–Crippen LogP) is 4.37. The fourth-order valence-corrected chi connectivity index (χ4v) is 8.48. The zero-order valence-corrected chi connectivity index (χ0v) is 23.6. The smallest absolute Gasteiger partial charge is 0.238 e. The van der Waals surface area contributed by atoms with Gasteiger partial charge in [0.2, 0.25) is 11.8 Å². The third-order valence-electron chi connectivity index (χ3n) is 9.87. The molecule has 0 unspecified atom stereocenters. The van der Waals surface area contributed by atoms with Crippen LogP contribution in [0.4, 0.5) is 10.1 Å². The van der Waals surface area contributed by atoms with Gasteiger partial charge in [0, 0.05) is 29.2 Å². The summed E-state index contributed by atoms with van der Waals surface area (Å²) < 4.78 is 15.2. The van der Waals surface area contributed by atoms with Gasteiger partial charge in [-0.1, -0.05) is 48.2 Å². The lowest BCUT2D eigenvalue weighted by Crippen LogP contribution is -2.55. The maximum atomic E-state index is 15.2. The molecule has 4 aliphatic rings. The van der Waals surface area contributed by atoms with E-state index in [1.165, 1.54) is 12.1 Å². The number of anilines is 1. The van der Waals surface area contributed by atoms with Crippen molar-refractivity contribution in [2.75, 3.05) is 25.0 Å². The summed E-state index contributed by atoms with van der Waals surface area (Å²) in [6.45, 7) is 0.413. The molecule has 1 aliphatic carbocycles. The van der Waals surface area contributed by atoms with Crippen LogP contribution in [-0.4, -0.2) is 64.8 Å². The quantitative estimate of drug-likeness (QED) is 0.401. The maximum absolute atomic E-state index is 15.2. The van der Waals surface area contributed by atoms with Gasteiger partial charge in [0.1, 0.15) is 11.2 Å². The minimum Gasteiger partial charge on any atom is -0.394 e. The molecule has 4 N–H and O–H groups in total. The molecule has 3 heterocycles. The van der Waals surface area contributed by atoms with E-state index in [1.54, 1.807) is 12.1 Å². The second-order valence-corrected chi connectivity index (χ2v) is 12.8. The Kier molecular flexibility index (Phi) is 7.36. The monoisotopic (exact) mass is 589 g/mol. The highest BCUT2D eigenvalue weighted by Crippen LogP contribution is 2.63. The van der Waals surface area contributed by atoms with Crippen molar-refractivity contribution in [3.05, 3.63) is 63.4 Å². The number of piperidine rings is 1. The lowest BCUT2D eigenvalue weighted by molar-refractivity contribution is -0.127. The van der Waals surface area contributed by atoms with Crippen LogP contribution in [0.2, 0.25) is 10.0 Å². The molecule has 2 spiro atoms. The first-order valence-corrected chi connectivity index (χ1v) is 14.8. The van der Waals surface area contributed by atoms with Crippen LogP contribution in [0.1, 0.15) is 62.0 Å². The van der Waals surface area contributed by atoms with Gasteiger partial charge in [-0.25, -0.2) is 4.39 Å². The molecule has 2 amide bonds. The van der Waals surface area contributed by atoms with Crippen LogP contribution in [0.25, 0.3) is 0 Å². The van der Waals surface area contributed by atoms with Gasteiger partial charge in [-0.15, -0.1) is 0 Å². The molecule has 7 nitrogen and oxygen atoms in total. The molecular weight excluding hydrogens is 556 g/mol. The van der Waals surface area contributed by atoms with Crippen LogP contribution in [0.3, 0.4) is 0 Å². The van der Waals surface area contributed by atoms with Gasteiger partial charge in [0.05, 0.1) is 23.8 Å². The number of fused-ring (bicyclic) bond motifs is 4. The molecule has 40 heavy (non-hydrogen) atoms. The van der Waals surface area contributed by atoms with Crippen LogP contribution in [0.5, 0.6) is 0 Å². The standard InChI is InChI=1S/C30H34Cl2FN3O4/c31-18-5-3-4-17(12-18)25-26(27(39)34-10-6-19(38)16-37)36-11-9-29(7-1-2-8-29)15-24(36)30(25)20-13-22(33)21(32)14-23(20)35-28(30)40/h3-5,12-14,19,24-26,37-38H,1-2,6-11,15-16H2,(H,34,39)(H,35,40)/t19-,24+,25-,26+,30-/m0/s1. The van der Waals surface area contributed by atoms with Crippen molar-refractivity contribution in [3.63, 3.8) is 0 Å². The number of benzene rings is 2. The van der Waals surface area contributed by atoms with Gasteiger partial charge < -0.3 is 20.8 Å². The molecule has 0 bridgehead atoms. The van der Waals surface area contributed by atoms with Crippen molar-refractivity contribution in [3.8, 4) is 0 Å². The number of rotatable bonds is 6. The van der Waals surface area contributed by atoms with Crippen LogP contribution < -0.4 is 10.6 Å². The minimum atomic E-state index is -1.24. The molecular formula is C30H34Cl2FN3O4. The lowest BCUT2D eigenvalue weighted by atomic mass is 9.61. The fraction of sp³-hybridized carbons (Fsp3) is 0.533. The average molecular weight is 591 g/mol. The van der Waals surface area contributed by atoms with E-state index in [0.29, 0.717) is 22.8 Å². The van der Waals surface area contributed by atoms with E-state index in [4.69, 9.17) is 23.2 Å². The number of nitrogens with one attached hydrogen (secondary N) is 2. The van der Waals surface area contributed by atoms with Crippen molar-refractivity contribution >= 4 is 40.7 Å². The highest BCUT2D eigenvalue weighted by atomic mass is 35.5. The molecule has 0 aromatic heterocycles. The molecule has 1 saturated carbocycles. The summed E-state index contributed by atoms with van der Waals surface area (Å²) in [6, 6.07) is 9.01. The first-order valence-electron chi connectivity index (χ1n) is 14.1. The van der Waals surface area contributed by atoms with E-state index in [-0.39, 0.29) is 41.3 Å². The second kappa shape index (κ2) is 10.6. The van der Waals surface area contributed by atoms with Gasteiger partial charge in [0.15, 0.2) is 0 Å². The molecule has 2 aromatic carbocycles. The third-order valence-corrected chi connectivity index (χ3v) is 10.4. The second-order valence-electron chi connectivity index (χ2n) is 11.9. The van der Waals surface area contributed by atoms with E-state index >= 15 is 4.39 Å². The molecule has 214 valence electrons. The Morgan fingerprint density at radius 1 is 1.20 bits per heavy atom. The van der Waals surface area contributed by atoms with E-state index in [2.05, 4.69) is 15.5 Å². The Hall–Kier alpha value is -2.23. The maximum Gasteiger partial charge on any atom is 0.238 e. The fourth-order valence-electron chi connectivity index (χ4n) is 8.12. The van der Waals surface area contributed by atoms with E-state index in [9.17, 15) is 19.8 Å². The topological polar surface area (TPSA) is 102 Å². The number of aliphatic hydroxyl groups is 2. The molecule has 6 rings (SSSR count). The summed E-state index contributed by atoms with van der Waals surface area (Å²) in [6.07, 6.45) is 5.35. The number of halogens is 3. The minimum absolute atomic E-state index is 0.0714. The summed E-state index contributed by atoms with van der Waals surface area (Å²) in [5, 5.41) is 25.4. The van der Waals surface area contributed by atoms with Crippen molar-refractivity contribution < 1.29 is 24.2 Å². The highest BCUT2D eigenvalue weighted by molar-refractivity contribution is 6.31. The Bertz CT molecular complexity index is 1340. The highest BCUT2D eigenvalue weighted by Gasteiger charge is 2.70. The predicted molar refractivity (Wildman–Crippen MR) is 151 cm³/mol. The first kappa shape index (κ1) is 27.9. The molecule has 3 fully saturated rings. The Labute approximate surface area is 243 Å². The van der Waals surface area contributed by atoms with E-state index < -0.39 is 35.9 Å². The van der Waals surface area contributed by atoms with Crippen LogP contribution in [-0.2, 0) is 15.0 Å². The van der Waals surface area contributed by atoms with Crippen molar-refractivity contribution in [2.24, 2.45) is 5.41 Å². The number of amides is 2. The molecule has 2 saturated heterocycles. The zero-order valence-electron chi connectivity index (χ0n) is 22.1. The lowest BCUT2D eigenvalue weighted by Gasteiger charge is -2.47. The van der Waals surface area contributed by atoms with Gasteiger partial charge in [-0.2, -0.15) is 0 Å². The van der Waals surface area contributed by atoms with Crippen LogP contribution in [0.15, 0.2) is 36.4 Å². The van der Waals surface area contributed by atoms with Gasteiger partial charge in [-0.05, 0) is 79.5 Å². The van der Waals surface area contributed by atoms with Crippen LogP contribution >= 0.6 is 23.2 Å². The average Bonchev–Trinajstić information content (AvgIpc) is 3.58. The number of aliphatic hydroxyl groups excluding tert-OH is 2. The Balaban J connectivity index is 1.53. The number of hydrogen-bond acceptors (Lipinski definition) is 5. The molecule has 0 radical (unpaired) electrons. The zero-order chi connectivity index (χ0) is 28.2. The molecule has 2 aromatic rings. The SMILES string of the molecule is O=C(NCC[C@H](O)CO)[C@H]1[C@H](c2cccc(Cl)c2)[C@@]2(C(=O)Nc3cc(Cl)c(F)cc32)[C@H]2CC3(CCCC3)CCN12. The molecule has 5 atom stereocenters. The number of carbonyl (C=O) groups is 2. The number of nitrogens with zero attached hydrogens (tertiary/aromatic N) is 1. The van der Waals surface area contributed by atoms with Gasteiger partial charge >= 0.3 is 0 Å². The normalized spacial score (nSPS) is 29.4. The third kappa shape index (κ3) is 4.34. The Morgan fingerprint density at radius 2 is 1.98 bits per heavy atom. The van der Waals surface area contributed by atoms with Crippen LogP contribution in [0, 0.1) is 11.2 Å². The number of hydrogen-bond donors (Lipinski definition) is 4. The summed E-state index contributed by atoms with van der Waals surface area (Å²) in [5.74, 6) is -1.79. The molecule has 10 heteroatoms. The van der Waals surface area contributed by atoms with Gasteiger partial charge in [0.25, 0.3) is 0 Å². The summed E-state index contributed by atoms with van der Waals surface area (Å²) in [7, 11) is 0. The van der Waals surface area contributed by atoms with Gasteiger partial charge in [-0.3, -0.25) is 14.5 Å². The number of carbonyl (C=O) groups excluding carboxylic acids is 2. The Morgan fingerprint density at radius 3 is 2.70 bits per heavy atom. The van der Waals surface area contributed by atoms with E-state index in [1.807, 2.05) is 12.1 Å². The van der Waals surface area contributed by atoms with Crippen molar-refractivity contribution in [2.45, 2.75) is 74.5 Å². The summed E-state index contributed by atoms with van der Waals surface area (Å²) in [5.41, 5.74) is 0.574. The molecule has 3 aliphatic heterocycles. The largest absolute Gasteiger partial charge is 0.394 e. The first-order chi connectivity index (χ1) is 19.2. The summed E-state index contributed by atoms with van der Waals surface area (Å²) >= 11 is 12.6. The summed E-state index contributed by atoms with van der Waals surface area (Å²) in [4.78, 5) is 30.6.